The first-order valence-corrected chi connectivity index (χ1v) is 12.5. The molecule has 4 aromatic rings. The Morgan fingerprint density at radius 1 is 0.923 bits per heavy atom. The Bertz CT molecular complexity index is 1440. The molecule has 10 nitrogen and oxygen atoms in total. The lowest BCUT2D eigenvalue weighted by molar-refractivity contribution is -0.145. The van der Waals surface area contributed by atoms with Crippen LogP contribution in [0.4, 0.5) is 4.79 Å². The number of hydrogen-bond acceptors (Lipinski definition) is 6. The van der Waals surface area contributed by atoms with Crippen molar-refractivity contribution in [2.75, 3.05) is 13.2 Å². The van der Waals surface area contributed by atoms with E-state index in [0.717, 1.165) is 27.8 Å². The highest BCUT2D eigenvalue weighted by Crippen LogP contribution is 2.44. The average Bonchev–Trinajstić information content (AvgIpc) is 3.52. The van der Waals surface area contributed by atoms with Crippen LogP contribution in [-0.4, -0.2) is 56.1 Å². The molecule has 1 aliphatic carbocycles. The average molecular weight is 526 g/mol. The number of nitrogens with one attached hydrogen (secondary N) is 1. The Morgan fingerprint density at radius 3 is 2.23 bits per heavy atom. The highest BCUT2D eigenvalue weighted by molar-refractivity contribution is 5.81. The standard InChI is InChI=1S/C29H27N5O5/c35-27(33(18-28(36)37)15-20-8-2-1-3-9-20)17-34-16-21(31-32-34)14-30-29(38)39-19-26-24-12-6-4-10-22(24)23-11-5-7-13-25(23)26/h1-13,16,26H,14-15,17-19H2,(H,30,38)(H,36,37). The summed E-state index contributed by atoms with van der Waals surface area (Å²) in [4.78, 5) is 37.8. The lowest BCUT2D eigenvalue weighted by Crippen LogP contribution is -2.37. The first-order valence-electron chi connectivity index (χ1n) is 12.5. The zero-order valence-corrected chi connectivity index (χ0v) is 21.1. The number of carboxylic acid groups (broad SMARTS) is 1. The van der Waals surface area contributed by atoms with Gasteiger partial charge in [-0.2, -0.15) is 0 Å². The molecule has 5 rings (SSSR count). The highest BCUT2D eigenvalue weighted by atomic mass is 16.5. The van der Waals surface area contributed by atoms with Crippen LogP contribution in [0, 0.1) is 0 Å². The number of carbonyl (C=O) groups excluding carboxylic acids is 2. The summed E-state index contributed by atoms with van der Waals surface area (Å²) >= 11 is 0. The number of benzene rings is 3. The number of alkyl carbamates (subject to hydrolysis) is 1. The maximum atomic E-state index is 12.8. The second-order valence-electron chi connectivity index (χ2n) is 9.22. The smallest absolute Gasteiger partial charge is 0.407 e. The number of rotatable bonds is 10. The van der Waals surface area contributed by atoms with Gasteiger partial charge in [0.1, 0.15) is 25.4 Å². The number of hydrogen-bond donors (Lipinski definition) is 2. The van der Waals surface area contributed by atoms with Crippen LogP contribution < -0.4 is 5.32 Å². The van der Waals surface area contributed by atoms with Gasteiger partial charge in [0.15, 0.2) is 0 Å². The molecule has 198 valence electrons. The van der Waals surface area contributed by atoms with Crippen LogP contribution in [0.5, 0.6) is 0 Å². The van der Waals surface area contributed by atoms with E-state index in [0.29, 0.717) is 5.69 Å². The van der Waals surface area contributed by atoms with Gasteiger partial charge >= 0.3 is 12.1 Å². The molecule has 0 atom stereocenters. The molecule has 0 fully saturated rings. The largest absolute Gasteiger partial charge is 0.480 e. The summed E-state index contributed by atoms with van der Waals surface area (Å²) < 4.78 is 6.85. The van der Waals surface area contributed by atoms with Gasteiger partial charge < -0.3 is 20.1 Å². The fraction of sp³-hybridized carbons (Fsp3) is 0.207. The maximum absolute atomic E-state index is 12.8. The Kier molecular flexibility index (Phi) is 7.63. The topological polar surface area (TPSA) is 127 Å². The van der Waals surface area contributed by atoms with Crippen molar-refractivity contribution in [3.8, 4) is 11.1 Å². The number of fused-ring (bicyclic) bond motifs is 3. The van der Waals surface area contributed by atoms with Gasteiger partial charge in [-0.15, -0.1) is 5.10 Å². The second kappa shape index (κ2) is 11.6. The number of aliphatic carboxylic acids is 1. The third kappa shape index (κ3) is 6.12. The van der Waals surface area contributed by atoms with Crippen LogP contribution in [0.1, 0.15) is 28.3 Å². The molecular weight excluding hydrogens is 498 g/mol. The maximum Gasteiger partial charge on any atom is 0.407 e. The summed E-state index contributed by atoms with van der Waals surface area (Å²) in [6.45, 7) is -0.191. The molecule has 0 radical (unpaired) electrons. The van der Waals surface area contributed by atoms with Gasteiger partial charge in [-0.3, -0.25) is 9.59 Å². The van der Waals surface area contributed by atoms with Gasteiger partial charge in [0.2, 0.25) is 5.91 Å². The van der Waals surface area contributed by atoms with Gasteiger partial charge in [0.25, 0.3) is 0 Å². The number of aromatic nitrogens is 3. The molecule has 1 aromatic heterocycles. The van der Waals surface area contributed by atoms with Gasteiger partial charge in [0, 0.05) is 12.5 Å². The molecule has 0 aliphatic heterocycles. The number of nitrogens with zero attached hydrogens (tertiary/aromatic N) is 4. The van der Waals surface area contributed by atoms with Gasteiger partial charge in [-0.1, -0.05) is 84.1 Å². The summed E-state index contributed by atoms with van der Waals surface area (Å²) in [6, 6.07) is 25.4. The quantitative estimate of drug-likeness (QED) is 0.325. The molecule has 39 heavy (non-hydrogen) atoms. The Balaban J connectivity index is 1.13. The molecule has 0 saturated heterocycles. The second-order valence-corrected chi connectivity index (χ2v) is 9.22. The minimum atomic E-state index is -1.11. The van der Waals surface area contributed by atoms with E-state index in [1.165, 1.54) is 15.8 Å². The first kappa shape index (κ1) is 25.7. The normalized spacial score (nSPS) is 11.9. The molecule has 3 aromatic carbocycles. The Morgan fingerprint density at radius 2 is 1.56 bits per heavy atom. The number of carbonyl (C=O) groups is 3. The first-order chi connectivity index (χ1) is 19.0. The minimum absolute atomic E-state index is 0.0420. The highest BCUT2D eigenvalue weighted by Gasteiger charge is 2.29. The van der Waals surface area contributed by atoms with Crippen LogP contribution in [0.15, 0.2) is 85.1 Å². The fourth-order valence-electron chi connectivity index (χ4n) is 4.75. The van der Waals surface area contributed by atoms with Crippen molar-refractivity contribution in [3.63, 3.8) is 0 Å². The molecule has 0 bridgehead atoms. The van der Waals surface area contributed by atoms with E-state index in [9.17, 15) is 19.5 Å². The summed E-state index contributed by atoms with van der Waals surface area (Å²) in [5.74, 6) is -1.56. The van der Waals surface area contributed by atoms with Crippen molar-refractivity contribution in [3.05, 3.63) is 107 Å². The zero-order chi connectivity index (χ0) is 27.2. The van der Waals surface area contributed by atoms with Crippen molar-refractivity contribution >= 4 is 18.0 Å². The number of carboxylic acids is 1. The van der Waals surface area contributed by atoms with Gasteiger partial charge in [-0.05, 0) is 27.8 Å². The Labute approximate surface area is 224 Å². The molecular formula is C29H27N5O5. The van der Waals surface area contributed by atoms with Crippen LogP contribution in [-0.2, 0) is 34.0 Å². The minimum Gasteiger partial charge on any atom is -0.480 e. The van der Waals surface area contributed by atoms with E-state index in [1.807, 2.05) is 54.6 Å². The summed E-state index contributed by atoms with van der Waals surface area (Å²) in [7, 11) is 0. The van der Waals surface area contributed by atoms with Gasteiger partial charge in [-0.25, -0.2) is 9.48 Å². The number of ether oxygens (including phenoxy) is 1. The molecule has 2 amide bonds. The van der Waals surface area contributed by atoms with Crippen molar-refractivity contribution in [1.29, 1.82) is 0 Å². The van der Waals surface area contributed by atoms with E-state index >= 15 is 0 Å². The lowest BCUT2D eigenvalue weighted by Gasteiger charge is -2.20. The predicted molar refractivity (Wildman–Crippen MR) is 141 cm³/mol. The van der Waals surface area contributed by atoms with Crippen molar-refractivity contribution in [2.45, 2.75) is 25.6 Å². The monoisotopic (exact) mass is 525 g/mol. The van der Waals surface area contributed by atoms with E-state index in [4.69, 9.17) is 4.74 Å². The molecule has 0 spiro atoms. The Hall–Kier alpha value is -4.99. The molecule has 2 N–H and O–H groups in total. The van der Waals surface area contributed by atoms with Crippen LogP contribution in [0.3, 0.4) is 0 Å². The van der Waals surface area contributed by atoms with E-state index in [-0.39, 0.29) is 32.2 Å². The van der Waals surface area contributed by atoms with Crippen molar-refractivity contribution in [1.82, 2.24) is 25.2 Å². The summed E-state index contributed by atoms with van der Waals surface area (Å²) in [5, 5.41) is 19.8. The van der Waals surface area contributed by atoms with Crippen molar-refractivity contribution in [2.24, 2.45) is 0 Å². The summed E-state index contributed by atoms with van der Waals surface area (Å²) in [5.41, 5.74) is 5.81. The molecule has 1 aliphatic rings. The lowest BCUT2D eigenvalue weighted by atomic mass is 9.98. The van der Waals surface area contributed by atoms with E-state index in [2.05, 4.69) is 39.9 Å². The SMILES string of the molecule is O=C(O)CN(Cc1ccccc1)C(=O)Cn1cc(CNC(=O)OCC2c3ccccc3-c3ccccc32)nn1. The predicted octanol–water partition coefficient (Wildman–Crippen LogP) is 3.43. The molecule has 0 saturated carbocycles. The third-order valence-electron chi connectivity index (χ3n) is 6.54. The summed E-state index contributed by atoms with van der Waals surface area (Å²) in [6.07, 6.45) is 0.946. The van der Waals surface area contributed by atoms with Crippen LogP contribution in [0.2, 0.25) is 0 Å². The van der Waals surface area contributed by atoms with Crippen LogP contribution in [0.25, 0.3) is 11.1 Å². The van der Waals surface area contributed by atoms with Crippen LogP contribution >= 0.6 is 0 Å². The molecule has 1 heterocycles. The zero-order valence-electron chi connectivity index (χ0n) is 21.1. The van der Waals surface area contributed by atoms with E-state index in [1.54, 1.807) is 0 Å². The van der Waals surface area contributed by atoms with E-state index < -0.39 is 24.5 Å². The third-order valence-corrected chi connectivity index (χ3v) is 6.54. The fourth-order valence-corrected chi connectivity index (χ4v) is 4.75. The molecule has 0 unspecified atom stereocenters. The van der Waals surface area contributed by atoms with Crippen molar-refractivity contribution < 1.29 is 24.2 Å². The molecule has 10 heteroatoms. The number of amides is 2. The van der Waals surface area contributed by atoms with Gasteiger partial charge in [0.05, 0.1) is 12.7 Å².